The number of carbonyl (C=O) groups is 1. The van der Waals surface area contributed by atoms with Gasteiger partial charge in [-0.1, -0.05) is 6.07 Å². The summed E-state index contributed by atoms with van der Waals surface area (Å²) in [6, 6.07) is 12.0. The van der Waals surface area contributed by atoms with Crippen LogP contribution in [0.2, 0.25) is 0 Å². The molecule has 6 nitrogen and oxygen atoms in total. The van der Waals surface area contributed by atoms with Crippen molar-refractivity contribution >= 4 is 15.9 Å². The van der Waals surface area contributed by atoms with Crippen molar-refractivity contribution in [2.24, 2.45) is 0 Å². The van der Waals surface area contributed by atoms with Crippen LogP contribution in [0.25, 0.3) is 0 Å². The van der Waals surface area contributed by atoms with Crippen LogP contribution in [0.5, 0.6) is 0 Å². The maximum Gasteiger partial charge on any atom is 0.254 e. The van der Waals surface area contributed by atoms with Crippen LogP contribution in [-0.4, -0.2) is 49.7 Å². The number of nitriles is 1. The molecule has 1 fully saturated rings. The van der Waals surface area contributed by atoms with Gasteiger partial charge in [0.15, 0.2) is 0 Å². The number of nitrogens with zero attached hydrogens (tertiary/aromatic N) is 3. The number of aryl methyl sites for hydroxylation is 1. The molecule has 140 valence electrons. The zero-order valence-corrected chi connectivity index (χ0v) is 15.5. The highest BCUT2D eigenvalue weighted by Crippen LogP contribution is 2.19. The van der Waals surface area contributed by atoms with Gasteiger partial charge in [-0.15, -0.1) is 0 Å². The summed E-state index contributed by atoms with van der Waals surface area (Å²) in [4.78, 5) is 14.2. The Kier molecular flexibility index (Phi) is 5.26. The van der Waals surface area contributed by atoms with Gasteiger partial charge in [0, 0.05) is 31.7 Å². The van der Waals surface area contributed by atoms with Crippen molar-refractivity contribution in [1.29, 1.82) is 5.26 Å². The molecule has 1 saturated heterocycles. The maximum atomic E-state index is 13.7. The Labute approximate surface area is 157 Å². The Morgan fingerprint density at radius 2 is 1.70 bits per heavy atom. The lowest BCUT2D eigenvalue weighted by molar-refractivity contribution is 0.0697. The standard InChI is InChI=1S/C19H18FN3O3S/c1-14-2-5-16(12-18(14)20)19(24)22-8-10-23(11-9-22)27(25,26)17-6-3-15(13-21)4-7-17/h2-7,12H,8-11H2,1H3. The lowest BCUT2D eigenvalue weighted by Gasteiger charge is -2.34. The fourth-order valence-electron chi connectivity index (χ4n) is 2.89. The normalized spacial score (nSPS) is 15.4. The quantitative estimate of drug-likeness (QED) is 0.808. The molecular formula is C19H18FN3O3S. The van der Waals surface area contributed by atoms with Gasteiger partial charge in [-0.2, -0.15) is 9.57 Å². The highest BCUT2D eigenvalue weighted by Gasteiger charge is 2.30. The van der Waals surface area contributed by atoms with Crippen LogP contribution in [0.1, 0.15) is 21.5 Å². The highest BCUT2D eigenvalue weighted by molar-refractivity contribution is 7.89. The molecule has 1 heterocycles. The number of hydrogen-bond donors (Lipinski definition) is 0. The van der Waals surface area contributed by atoms with Gasteiger partial charge in [-0.05, 0) is 48.9 Å². The third kappa shape index (κ3) is 3.84. The Balaban J connectivity index is 1.69. The summed E-state index contributed by atoms with van der Waals surface area (Å²) in [5.74, 6) is -0.757. The van der Waals surface area contributed by atoms with Crippen LogP contribution in [0.3, 0.4) is 0 Å². The Hall–Kier alpha value is -2.76. The van der Waals surface area contributed by atoms with Crippen LogP contribution in [0, 0.1) is 24.1 Å². The smallest absolute Gasteiger partial charge is 0.254 e. The van der Waals surface area contributed by atoms with Crippen molar-refractivity contribution in [2.45, 2.75) is 11.8 Å². The average Bonchev–Trinajstić information content (AvgIpc) is 2.69. The Morgan fingerprint density at radius 1 is 1.07 bits per heavy atom. The topological polar surface area (TPSA) is 81.5 Å². The molecule has 8 heteroatoms. The van der Waals surface area contributed by atoms with E-state index in [2.05, 4.69) is 0 Å². The second-order valence-electron chi connectivity index (χ2n) is 6.30. The first-order valence-corrected chi connectivity index (χ1v) is 9.82. The van der Waals surface area contributed by atoms with Crippen molar-refractivity contribution in [3.05, 3.63) is 65.0 Å². The molecule has 0 radical (unpaired) electrons. The zero-order chi connectivity index (χ0) is 19.6. The molecule has 1 aliphatic rings. The zero-order valence-electron chi connectivity index (χ0n) is 14.7. The lowest BCUT2D eigenvalue weighted by atomic mass is 10.1. The summed E-state index contributed by atoms with van der Waals surface area (Å²) >= 11 is 0. The monoisotopic (exact) mass is 387 g/mol. The average molecular weight is 387 g/mol. The summed E-state index contributed by atoms with van der Waals surface area (Å²) in [7, 11) is -3.69. The molecule has 1 aliphatic heterocycles. The lowest BCUT2D eigenvalue weighted by Crippen LogP contribution is -2.50. The van der Waals surface area contributed by atoms with Crippen LogP contribution < -0.4 is 0 Å². The Morgan fingerprint density at radius 3 is 2.26 bits per heavy atom. The van der Waals surface area contributed by atoms with Crippen LogP contribution in [-0.2, 0) is 10.0 Å². The minimum atomic E-state index is -3.69. The largest absolute Gasteiger partial charge is 0.336 e. The van der Waals surface area contributed by atoms with Crippen molar-refractivity contribution in [3.63, 3.8) is 0 Å². The van der Waals surface area contributed by atoms with E-state index in [1.165, 1.54) is 39.5 Å². The van der Waals surface area contributed by atoms with E-state index in [0.717, 1.165) is 0 Å². The molecule has 2 aromatic rings. The number of piperazine rings is 1. The van der Waals surface area contributed by atoms with Gasteiger partial charge < -0.3 is 4.90 Å². The van der Waals surface area contributed by atoms with E-state index in [0.29, 0.717) is 11.1 Å². The number of rotatable bonds is 3. The number of benzene rings is 2. The molecule has 27 heavy (non-hydrogen) atoms. The predicted octanol–water partition coefficient (Wildman–Crippen LogP) is 2.15. The predicted molar refractivity (Wildman–Crippen MR) is 97.0 cm³/mol. The number of carbonyl (C=O) groups excluding carboxylic acids is 1. The van der Waals surface area contributed by atoms with Gasteiger partial charge in [0.05, 0.1) is 16.5 Å². The van der Waals surface area contributed by atoms with Crippen molar-refractivity contribution < 1.29 is 17.6 Å². The molecule has 0 bridgehead atoms. The summed E-state index contributed by atoms with van der Waals surface area (Å²) in [5, 5.41) is 8.82. The molecule has 2 aromatic carbocycles. The van der Waals surface area contributed by atoms with Gasteiger partial charge in [0.2, 0.25) is 10.0 Å². The number of hydrogen-bond acceptors (Lipinski definition) is 4. The molecule has 0 spiro atoms. The van der Waals surface area contributed by atoms with Crippen LogP contribution in [0.15, 0.2) is 47.4 Å². The van der Waals surface area contributed by atoms with E-state index in [1.807, 2.05) is 6.07 Å². The van der Waals surface area contributed by atoms with E-state index in [1.54, 1.807) is 19.1 Å². The fourth-order valence-corrected chi connectivity index (χ4v) is 4.31. The van der Waals surface area contributed by atoms with Crippen molar-refractivity contribution in [3.8, 4) is 6.07 Å². The van der Waals surface area contributed by atoms with Crippen LogP contribution >= 0.6 is 0 Å². The minimum Gasteiger partial charge on any atom is -0.336 e. The molecule has 0 unspecified atom stereocenters. The first-order chi connectivity index (χ1) is 12.8. The summed E-state index contributed by atoms with van der Waals surface area (Å²) in [6.07, 6.45) is 0. The van der Waals surface area contributed by atoms with E-state index in [-0.39, 0.29) is 42.5 Å². The second kappa shape index (κ2) is 7.47. The van der Waals surface area contributed by atoms with E-state index < -0.39 is 15.8 Å². The number of sulfonamides is 1. The SMILES string of the molecule is Cc1ccc(C(=O)N2CCN(S(=O)(=O)c3ccc(C#N)cc3)CC2)cc1F. The Bertz CT molecular complexity index is 1010. The third-order valence-corrected chi connectivity index (χ3v) is 6.48. The van der Waals surface area contributed by atoms with Gasteiger partial charge in [-0.3, -0.25) is 4.79 Å². The van der Waals surface area contributed by atoms with Crippen LogP contribution in [0.4, 0.5) is 4.39 Å². The maximum absolute atomic E-state index is 13.7. The summed E-state index contributed by atoms with van der Waals surface area (Å²) < 4.78 is 40.4. The second-order valence-corrected chi connectivity index (χ2v) is 8.23. The highest BCUT2D eigenvalue weighted by atomic mass is 32.2. The van der Waals surface area contributed by atoms with Crippen molar-refractivity contribution in [2.75, 3.05) is 26.2 Å². The van der Waals surface area contributed by atoms with Gasteiger partial charge in [0.25, 0.3) is 5.91 Å². The first kappa shape index (κ1) is 19.0. The van der Waals surface area contributed by atoms with Gasteiger partial charge in [-0.25, -0.2) is 12.8 Å². The number of halogens is 1. The summed E-state index contributed by atoms with van der Waals surface area (Å²) in [5.41, 5.74) is 1.10. The molecule has 0 atom stereocenters. The van der Waals surface area contributed by atoms with E-state index >= 15 is 0 Å². The van der Waals surface area contributed by atoms with E-state index in [9.17, 15) is 17.6 Å². The molecule has 0 saturated carbocycles. The molecular weight excluding hydrogens is 369 g/mol. The first-order valence-electron chi connectivity index (χ1n) is 8.38. The van der Waals surface area contributed by atoms with E-state index in [4.69, 9.17) is 5.26 Å². The van der Waals surface area contributed by atoms with Crippen molar-refractivity contribution in [1.82, 2.24) is 9.21 Å². The fraction of sp³-hybridized carbons (Fsp3) is 0.263. The summed E-state index contributed by atoms with van der Waals surface area (Å²) in [6.45, 7) is 2.38. The third-order valence-electron chi connectivity index (χ3n) is 4.57. The minimum absolute atomic E-state index is 0.113. The molecule has 0 aliphatic carbocycles. The number of amides is 1. The van der Waals surface area contributed by atoms with Gasteiger partial charge >= 0.3 is 0 Å². The molecule has 0 aromatic heterocycles. The molecule has 3 rings (SSSR count). The van der Waals surface area contributed by atoms with Gasteiger partial charge in [0.1, 0.15) is 5.82 Å². The molecule has 0 N–H and O–H groups in total. The molecule has 1 amide bonds.